The second-order valence-electron chi connectivity index (χ2n) is 8.50. The van der Waals surface area contributed by atoms with Crippen molar-refractivity contribution in [3.8, 4) is 0 Å². The fraction of sp³-hybridized carbons (Fsp3) is 0.240. The molecule has 1 saturated heterocycles. The number of sulfonamides is 2. The van der Waals surface area contributed by atoms with Crippen molar-refractivity contribution in [2.45, 2.75) is 29.9 Å². The van der Waals surface area contributed by atoms with Gasteiger partial charge in [0.25, 0.3) is 15.9 Å². The number of nitrogens with zero attached hydrogens (tertiary/aromatic N) is 1. The summed E-state index contributed by atoms with van der Waals surface area (Å²) in [6.07, 6.45) is 2.82. The zero-order valence-electron chi connectivity index (χ0n) is 19.4. The smallest absolute Gasteiger partial charge is 0.261 e. The number of benzene rings is 3. The zero-order chi connectivity index (χ0) is 25.8. The van der Waals surface area contributed by atoms with Crippen LogP contribution in [0.15, 0.2) is 82.2 Å². The molecular weight excluding hydrogens is 566 g/mol. The first-order valence-electron chi connectivity index (χ1n) is 11.4. The van der Waals surface area contributed by atoms with Gasteiger partial charge in [-0.2, -0.15) is 0 Å². The number of piperidine rings is 1. The second-order valence-corrected chi connectivity index (χ2v) is 13.1. The van der Waals surface area contributed by atoms with E-state index in [1.54, 1.807) is 48.5 Å². The van der Waals surface area contributed by atoms with Gasteiger partial charge in [0, 0.05) is 34.5 Å². The van der Waals surface area contributed by atoms with Gasteiger partial charge in [-0.05, 0) is 79.1 Å². The molecule has 1 aliphatic heterocycles. The monoisotopic (exact) mass is 591 g/mol. The van der Waals surface area contributed by atoms with Gasteiger partial charge in [0.2, 0.25) is 10.0 Å². The molecule has 8 nitrogen and oxygen atoms in total. The molecule has 3 aromatic rings. The van der Waals surface area contributed by atoms with Crippen LogP contribution < -0.4 is 10.0 Å². The summed E-state index contributed by atoms with van der Waals surface area (Å²) >= 11 is 3.31. The Bertz CT molecular complexity index is 1420. The maximum absolute atomic E-state index is 12.6. The fourth-order valence-electron chi connectivity index (χ4n) is 3.85. The molecule has 1 amide bonds. The molecule has 3 aromatic carbocycles. The number of carbonyl (C=O) groups is 1. The summed E-state index contributed by atoms with van der Waals surface area (Å²) in [7, 11) is -7.16. The number of amides is 1. The molecule has 0 aromatic heterocycles. The SMILES string of the molecule is O=C(Nc1ccc(S(=O)(=O)Nc2ccc(Br)cc2)cc1)c1ccc(CS(=O)(=O)N2CCCCC2)cc1. The van der Waals surface area contributed by atoms with Crippen LogP contribution in [0.1, 0.15) is 35.2 Å². The summed E-state index contributed by atoms with van der Waals surface area (Å²) in [5, 5.41) is 2.73. The fourth-order valence-corrected chi connectivity index (χ4v) is 6.78. The van der Waals surface area contributed by atoms with E-state index in [0.717, 1.165) is 23.7 Å². The summed E-state index contributed by atoms with van der Waals surface area (Å²) in [6.45, 7) is 1.12. The highest BCUT2D eigenvalue weighted by Crippen LogP contribution is 2.21. The molecule has 2 N–H and O–H groups in total. The molecule has 1 aliphatic rings. The van der Waals surface area contributed by atoms with Gasteiger partial charge in [0.05, 0.1) is 10.6 Å². The number of anilines is 2. The summed E-state index contributed by atoms with van der Waals surface area (Å²) in [4.78, 5) is 12.7. The largest absolute Gasteiger partial charge is 0.322 e. The van der Waals surface area contributed by atoms with Gasteiger partial charge < -0.3 is 5.32 Å². The lowest BCUT2D eigenvalue weighted by atomic mass is 10.1. The Labute approximate surface area is 220 Å². The van der Waals surface area contributed by atoms with Crippen molar-refractivity contribution in [1.29, 1.82) is 0 Å². The summed E-state index contributed by atoms with van der Waals surface area (Å²) in [5.74, 6) is -0.483. The second kappa shape index (κ2) is 11.1. The maximum Gasteiger partial charge on any atom is 0.261 e. The Balaban J connectivity index is 1.37. The lowest BCUT2D eigenvalue weighted by Crippen LogP contribution is -2.36. The molecular formula is C25H26BrN3O5S2. The van der Waals surface area contributed by atoms with Crippen LogP contribution in [0.3, 0.4) is 0 Å². The summed E-state index contributed by atoms with van der Waals surface area (Å²) in [5.41, 5.74) is 1.84. The van der Waals surface area contributed by atoms with Crippen LogP contribution in [0.5, 0.6) is 0 Å². The Morgan fingerprint density at radius 2 is 1.36 bits per heavy atom. The van der Waals surface area contributed by atoms with Crippen LogP contribution in [-0.4, -0.2) is 40.1 Å². The van der Waals surface area contributed by atoms with Crippen molar-refractivity contribution in [2.75, 3.05) is 23.1 Å². The van der Waals surface area contributed by atoms with Gasteiger partial charge in [0.1, 0.15) is 0 Å². The third-order valence-corrected chi connectivity index (χ3v) is 9.57. The van der Waals surface area contributed by atoms with E-state index in [1.807, 2.05) is 0 Å². The highest BCUT2D eigenvalue weighted by Gasteiger charge is 2.24. The van der Waals surface area contributed by atoms with E-state index in [0.29, 0.717) is 35.6 Å². The lowest BCUT2D eigenvalue weighted by Gasteiger charge is -2.25. The standard InChI is InChI=1S/C25H26BrN3O5S2/c26-21-8-10-23(11-9-21)28-36(33,34)24-14-12-22(13-15-24)27-25(30)20-6-4-19(5-7-20)18-35(31,32)29-16-2-1-3-17-29/h4-15,28H,1-3,16-18H2,(H,27,30). The van der Waals surface area contributed by atoms with Gasteiger partial charge in [-0.1, -0.05) is 34.5 Å². The molecule has 11 heteroatoms. The third-order valence-electron chi connectivity index (χ3n) is 5.79. The van der Waals surface area contributed by atoms with Crippen molar-refractivity contribution in [1.82, 2.24) is 4.31 Å². The molecule has 0 saturated carbocycles. The van der Waals surface area contributed by atoms with E-state index in [2.05, 4.69) is 26.0 Å². The maximum atomic E-state index is 12.6. The molecule has 0 radical (unpaired) electrons. The topological polar surface area (TPSA) is 113 Å². The normalized spacial score (nSPS) is 14.8. The minimum Gasteiger partial charge on any atom is -0.322 e. The summed E-state index contributed by atoms with van der Waals surface area (Å²) in [6, 6.07) is 19.0. The Hall–Kier alpha value is -2.73. The van der Waals surface area contributed by atoms with E-state index < -0.39 is 20.0 Å². The quantitative estimate of drug-likeness (QED) is 0.390. The van der Waals surface area contributed by atoms with Gasteiger partial charge >= 0.3 is 0 Å². The zero-order valence-corrected chi connectivity index (χ0v) is 22.6. The van der Waals surface area contributed by atoms with E-state index in [4.69, 9.17) is 0 Å². The van der Waals surface area contributed by atoms with Gasteiger partial charge in [-0.3, -0.25) is 9.52 Å². The van der Waals surface area contributed by atoms with Gasteiger partial charge in [0.15, 0.2) is 0 Å². The molecule has 190 valence electrons. The molecule has 1 fully saturated rings. The Morgan fingerprint density at radius 1 is 0.778 bits per heavy atom. The molecule has 1 heterocycles. The molecule has 0 unspecified atom stereocenters. The van der Waals surface area contributed by atoms with E-state index in [9.17, 15) is 21.6 Å². The highest BCUT2D eigenvalue weighted by atomic mass is 79.9. The van der Waals surface area contributed by atoms with Gasteiger partial charge in [-0.15, -0.1) is 0 Å². The average Bonchev–Trinajstić information content (AvgIpc) is 2.86. The van der Waals surface area contributed by atoms with E-state index >= 15 is 0 Å². The molecule has 0 spiro atoms. The number of halogens is 1. The molecule has 4 rings (SSSR count). The first kappa shape index (κ1) is 26.3. The van der Waals surface area contributed by atoms with Crippen LogP contribution in [0.25, 0.3) is 0 Å². The van der Waals surface area contributed by atoms with Gasteiger partial charge in [-0.25, -0.2) is 21.1 Å². The number of nitrogens with one attached hydrogen (secondary N) is 2. The van der Waals surface area contributed by atoms with E-state index in [-0.39, 0.29) is 16.6 Å². The summed E-state index contributed by atoms with van der Waals surface area (Å²) < 4.78 is 55.4. The minimum absolute atomic E-state index is 0.0580. The van der Waals surface area contributed by atoms with Crippen LogP contribution in [0.2, 0.25) is 0 Å². The Kier molecular flexibility index (Phi) is 8.13. The molecule has 0 atom stereocenters. The third kappa shape index (κ3) is 6.73. The van der Waals surface area contributed by atoms with Crippen LogP contribution in [0, 0.1) is 0 Å². The predicted molar refractivity (Wildman–Crippen MR) is 144 cm³/mol. The number of hydrogen-bond acceptors (Lipinski definition) is 5. The van der Waals surface area contributed by atoms with Crippen molar-refractivity contribution >= 4 is 53.3 Å². The number of hydrogen-bond donors (Lipinski definition) is 2. The highest BCUT2D eigenvalue weighted by molar-refractivity contribution is 9.10. The first-order valence-corrected chi connectivity index (χ1v) is 15.3. The van der Waals surface area contributed by atoms with Crippen molar-refractivity contribution < 1.29 is 21.6 Å². The van der Waals surface area contributed by atoms with Crippen LogP contribution in [-0.2, 0) is 25.8 Å². The number of carbonyl (C=O) groups excluding carboxylic acids is 1. The van der Waals surface area contributed by atoms with Crippen molar-refractivity contribution in [2.24, 2.45) is 0 Å². The first-order chi connectivity index (χ1) is 17.1. The average molecular weight is 593 g/mol. The van der Waals surface area contributed by atoms with E-state index in [1.165, 1.54) is 28.6 Å². The minimum atomic E-state index is -3.78. The van der Waals surface area contributed by atoms with Crippen molar-refractivity contribution in [3.05, 3.63) is 88.4 Å². The molecule has 0 aliphatic carbocycles. The predicted octanol–water partition coefficient (Wildman–Crippen LogP) is 4.82. The van der Waals surface area contributed by atoms with Crippen molar-refractivity contribution in [3.63, 3.8) is 0 Å². The van der Waals surface area contributed by atoms with Crippen LogP contribution >= 0.6 is 15.9 Å². The number of rotatable bonds is 8. The Morgan fingerprint density at radius 3 is 1.97 bits per heavy atom. The molecule has 36 heavy (non-hydrogen) atoms. The molecule has 0 bridgehead atoms. The van der Waals surface area contributed by atoms with Crippen LogP contribution in [0.4, 0.5) is 11.4 Å². The lowest BCUT2D eigenvalue weighted by molar-refractivity contribution is 0.102.